The summed E-state index contributed by atoms with van der Waals surface area (Å²) in [6, 6.07) is 0. The lowest BCUT2D eigenvalue weighted by atomic mass is 9.89. The Hall–Kier alpha value is -1.68. The minimum atomic E-state index is -1.88. The number of aromatic nitrogens is 2. The standard InChI is InChI=1S/C20H29N3O4S2/c1-11(2)14-8-21-9-15(12(3)4)13(14)7-17(25)23-29(27)18-16(10-24)22-19(28-18)20(5,6)26/h8-9,11-12,24,26H,7,10H2,1-6H3,(H,23,25). The molecule has 0 spiro atoms. The maximum absolute atomic E-state index is 12.7. The summed E-state index contributed by atoms with van der Waals surface area (Å²) in [7, 11) is -1.88. The van der Waals surface area contributed by atoms with Gasteiger partial charge < -0.3 is 10.2 Å². The quantitative estimate of drug-likeness (QED) is 0.583. The number of amides is 1. The van der Waals surface area contributed by atoms with Crippen molar-refractivity contribution in [2.24, 2.45) is 0 Å². The number of carbonyl (C=O) groups is 1. The first-order valence-electron chi connectivity index (χ1n) is 9.47. The van der Waals surface area contributed by atoms with Crippen molar-refractivity contribution < 1.29 is 19.2 Å². The van der Waals surface area contributed by atoms with Crippen molar-refractivity contribution in [1.29, 1.82) is 0 Å². The van der Waals surface area contributed by atoms with Crippen LogP contribution in [-0.4, -0.2) is 30.3 Å². The van der Waals surface area contributed by atoms with Gasteiger partial charge in [-0.15, -0.1) is 11.3 Å². The molecule has 0 aromatic carbocycles. The highest BCUT2D eigenvalue weighted by Gasteiger charge is 2.26. The van der Waals surface area contributed by atoms with Gasteiger partial charge in [0.1, 0.15) is 14.8 Å². The van der Waals surface area contributed by atoms with Crippen molar-refractivity contribution in [2.45, 2.75) is 76.2 Å². The molecule has 0 saturated heterocycles. The van der Waals surface area contributed by atoms with Crippen LogP contribution < -0.4 is 4.72 Å². The highest BCUT2D eigenvalue weighted by atomic mass is 32.2. The number of rotatable bonds is 8. The van der Waals surface area contributed by atoms with Crippen molar-refractivity contribution in [1.82, 2.24) is 14.7 Å². The smallest absolute Gasteiger partial charge is 0.236 e. The van der Waals surface area contributed by atoms with Crippen molar-refractivity contribution in [2.75, 3.05) is 0 Å². The number of aliphatic hydroxyl groups excluding tert-OH is 1. The van der Waals surface area contributed by atoms with E-state index in [1.807, 2.05) is 27.7 Å². The number of pyridine rings is 1. The van der Waals surface area contributed by atoms with Crippen LogP contribution in [0.2, 0.25) is 0 Å². The van der Waals surface area contributed by atoms with Crippen molar-refractivity contribution >= 4 is 28.2 Å². The molecule has 0 aliphatic heterocycles. The second kappa shape index (κ2) is 9.42. The molecule has 0 fully saturated rings. The first-order valence-corrected chi connectivity index (χ1v) is 11.4. The van der Waals surface area contributed by atoms with Crippen LogP contribution >= 0.6 is 11.3 Å². The highest BCUT2D eigenvalue weighted by molar-refractivity contribution is 7.86. The van der Waals surface area contributed by atoms with Gasteiger partial charge in [0.15, 0.2) is 11.0 Å². The van der Waals surface area contributed by atoms with Crippen LogP contribution in [0.5, 0.6) is 0 Å². The molecule has 1 atom stereocenters. The largest absolute Gasteiger partial charge is 0.390 e. The number of hydrogen-bond donors (Lipinski definition) is 3. The topological polar surface area (TPSA) is 112 Å². The molecule has 0 radical (unpaired) electrons. The van der Waals surface area contributed by atoms with Gasteiger partial charge in [-0.05, 0) is 42.4 Å². The third-order valence-electron chi connectivity index (χ3n) is 4.42. The SMILES string of the molecule is CC(C)c1cncc(C(C)C)c1CC(=O)NS(=O)c1sc(C(C)(C)O)nc1CO. The first kappa shape index (κ1) is 23.6. The molecule has 3 N–H and O–H groups in total. The molecule has 0 saturated carbocycles. The molecule has 9 heteroatoms. The Morgan fingerprint density at radius 3 is 2.21 bits per heavy atom. The maximum Gasteiger partial charge on any atom is 0.236 e. The Morgan fingerprint density at radius 1 is 1.21 bits per heavy atom. The summed E-state index contributed by atoms with van der Waals surface area (Å²) in [5.74, 6) is 0.0121. The average molecular weight is 440 g/mol. The van der Waals surface area contributed by atoms with Gasteiger partial charge in [-0.1, -0.05) is 27.7 Å². The Morgan fingerprint density at radius 2 is 1.76 bits per heavy atom. The number of hydrogen-bond acceptors (Lipinski definition) is 7. The van der Waals surface area contributed by atoms with Crippen LogP contribution in [0.25, 0.3) is 0 Å². The lowest BCUT2D eigenvalue weighted by Gasteiger charge is -2.18. The van der Waals surface area contributed by atoms with Crippen LogP contribution in [0.15, 0.2) is 16.6 Å². The maximum atomic E-state index is 12.7. The molecule has 1 unspecified atom stereocenters. The molecule has 0 aliphatic carbocycles. The molecule has 2 aromatic rings. The van der Waals surface area contributed by atoms with Crippen LogP contribution in [0.3, 0.4) is 0 Å². The monoisotopic (exact) mass is 439 g/mol. The zero-order valence-electron chi connectivity index (χ0n) is 17.6. The highest BCUT2D eigenvalue weighted by Crippen LogP contribution is 2.30. The summed E-state index contributed by atoms with van der Waals surface area (Å²) in [6.45, 7) is 10.9. The minimum Gasteiger partial charge on any atom is -0.390 e. The van der Waals surface area contributed by atoms with E-state index in [2.05, 4.69) is 14.7 Å². The predicted molar refractivity (Wildman–Crippen MR) is 114 cm³/mol. The van der Waals surface area contributed by atoms with Crippen LogP contribution in [0.4, 0.5) is 0 Å². The fraction of sp³-hybridized carbons (Fsp3) is 0.550. The molecule has 2 rings (SSSR count). The van der Waals surface area contributed by atoms with Gasteiger partial charge in [-0.3, -0.25) is 14.5 Å². The summed E-state index contributed by atoms with van der Waals surface area (Å²) in [6.07, 6.45) is 3.64. The van der Waals surface area contributed by atoms with Gasteiger partial charge in [0.2, 0.25) is 5.91 Å². The molecular formula is C20H29N3O4S2. The van der Waals surface area contributed by atoms with E-state index in [-0.39, 0.29) is 34.1 Å². The summed E-state index contributed by atoms with van der Waals surface area (Å²) >= 11 is 1.02. The lowest BCUT2D eigenvalue weighted by Crippen LogP contribution is -2.28. The lowest BCUT2D eigenvalue weighted by molar-refractivity contribution is -0.118. The van der Waals surface area contributed by atoms with Gasteiger partial charge in [-0.25, -0.2) is 9.19 Å². The minimum absolute atomic E-state index is 0.0842. The molecule has 160 valence electrons. The summed E-state index contributed by atoms with van der Waals surface area (Å²) in [4.78, 5) is 21.2. The fourth-order valence-corrected chi connectivity index (χ4v) is 5.08. The van der Waals surface area contributed by atoms with Crippen molar-refractivity contribution in [3.8, 4) is 0 Å². The van der Waals surface area contributed by atoms with Gasteiger partial charge in [0.25, 0.3) is 0 Å². The summed E-state index contributed by atoms with van der Waals surface area (Å²) < 4.78 is 15.5. The number of thiazole rings is 1. The van der Waals surface area contributed by atoms with E-state index < -0.39 is 23.2 Å². The third kappa shape index (κ3) is 5.69. The number of aliphatic hydroxyl groups is 2. The molecule has 7 nitrogen and oxygen atoms in total. The van der Waals surface area contributed by atoms with E-state index in [4.69, 9.17) is 0 Å². The fourth-order valence-electron chi connectivity index (χ4n) is 2.91. The number of nitrogens with zero attached hydrogens (tertiary/aromatic N) is 2. The van der Waals surface area contributed by atoms with Gasteiger partial charge >= 0.3 is 0 Å². The summed E-state index contributed by atoms with van der Waals surface area (Å²) in [5, 5.41) is 20.0. The van der Waals surface area contributed by atoms with Crippen molar-refractivity contribution in [3.05, 3.63) is 39.8 Å². The molecule has 2 aromatic heterocycles. The third-order valence-corrected chi connectivity index (χ3v) is 7.31. The van der Waals surface area contributed by atoms with Gasteiger partial charge in [0, 0.05) is 12.4 Å². The van der Waals surface area contributed by atoms with E-state index in [1.54, 1.807) is 26.2 Å². The van der Waals surface area contributed by atoms with Crippen molar-refractivity contribution in [3.63, 3.8) is 0 Å². The van der Waals surface area contributed by atoms with E-state index in [0.717, 1.165) is 28.0 Å². The Bertz CT molecular complexity index is 875. The molecule has 0 aliphatic rings. The van der Waals surface area contributed by atoms with Crippen LogP contribution in [0, 0.1) is 0 Å². The Balaban J connectivity index is 2.27. The average Bonchev–Trinajstić information content (AvgIpc) is 3.06. The molecular weight excluding hydrogens is 410 g/mol. The van der Waals surface area contributed by atoms with Crippen LogP contribution in [0.1, 0.15) is 80.8 Å². The Kier molecular flexibility index (Phi) is 7.67. The van der Waals surface area contributed by atoms with E-state index in [0.29, 0.717) is 5.01 Å². The second-order valence-corrected chi connectivity index (χ2v) is 10.5. The molecule has 29 heavy (non-hydrogen) atoms. The number of nitrogens with one attached hydrogen (secondary N) is 1. The molecule has 2 heterocycles. The normalized spacial score (nSPS) is 13.2. The van der Waals surface area contributed by atoms with Crippen LogP contribution in [-0.2, 0) is 34.4 Å². The van der Waals surface area contributed by atoms with E-state index in [1.165, 1.54) is 0 Å². The van der Waals surface area contributed by atoms with Gasteiger partial charge in [-0.2, -0.15) is 0 Å². The molecule has 0 bridgehead atoms. The zero-order valence-corrected chi connectivity index (χ0v) is 19.3. The second-order valence-electron chi connectivity index (χ2n) is 8.05. The first-order chi connectivity index (χ1) is 13.5. The number of carbonyl (C=O) groups excluding carboxylic acids is 1. The zero-order chi connectivity index (χ0) is 21.9. The van der Waals surface area contributed by atoms with Gasteiger partial charge in [0.05, 0.1) is 18.7 Å². The Labute approximate surface area is 178 Å². The summed E-state index contributed by atoms with van der Waals surface area (Å²) in [5.41, 5.74) is 1.87. The van der Waals surface area contributed by atoms with E-state index in [9.17, 15) is 19.2 Å². The predicted octanol–water partition coefficient (Wildman–Crippen LogP) is 2.89. The van der Waals surface area contributed by atoms with E-state index >= 15 is 0 Å². The molecule has 1 amide bonds.